The van der Waals surface area contributed by atoms with E-state index in [1.165, 1.54) is 18.4 Å². The van der Waals surface area contributed by atoms with Gasteiger partial charge < -0.3 is 5.32 Å². The average molecular weight is 378 g/mol. The summed E-state index contributed by atoms with van der Waals surface area (Å²) in [6.45, 7) is 0.607. The van der Waals surface area contributed by atoms with E-state index in [0.717, 1.165) is 27.8 Å². The number of hydrogen-bond acceptors (Lipinski definition) is 2. The third-order valence-electron chi connectivity index (χ3n) is 4.54. The van der Waals surface area contributed by atoms with Crippen molar-refractivity contribution >= 4 is 39.1 Å². The number of alkyl halides is 1. The van der Waals surface area contributed by atoms with Crippen LogP contribution in [0.15, 0.2) is 41.3 Å². The summed E-state index contributed by atoms with van der Waals surface area (Å²) in [5.41, 5.74) is 1.18. The summed E-state index contributed by atoms with van der Waals surface area (Å²) >= 11 is 5.61. The number of nitrogens with one attached hydrogen (secondary N) is 1. The van der Waals surface area contributed by atoms with Gasteiger partial charge in [-0.1, -0.05) is 24.3 Å². The minimum atomic E-state index is -0.914. The van der Waals surface area contributed by atoms with Gasteiger partial charge in [-0.3, -0.25) is 9.00 Å². The lowest BCUT2D eigenvalue weighted by molar-refractivity contribution is -0.121. The molecular formula is C20H24ClNO2S. The van der Waals surface area contributed by atoms with Gasteiger partial charge in [0.05, 0.1) is 10.8 Å². The molecule has 3 nitrogen and oxygen atoms in total. The first-order chi connectivity index (χ1) is 12.2. The SMILES string of the molecule is O=C(CCCCl)NCCc1cccc2ccc(S(=O)CC3CC3)cc12. The zero-order valence-corrected chi connectivity index (χ0v) is 15.9. The molecule has 1 N–H and O–H groups in total. The zero-order chi connectivity index (χ0) is 17.6. The molecule has 1 unspecified atom stereocenters. The molecule has 1 aliphatic rings. The van der Waals surface area contributed by atoms with E-state index in [-0.39, 0.29) is 5.91 Å². The molecule has 0 aromatic heterocycles. The summed E-state index contributed by atoms with van der Waals surface area (Å²) < 4.78 is 12.5. The second-order valence-electron chi connectivity index (χ2n) is 6.65. The van der Waals surface area contributed by atoms with E-state index in [2.05, 4.69) is 29.6 Å². The van der Waals surface area contributed by atoms with E-state index < -0.39 is 10.8 Å². The highest BCUT2D eigenvalue weighted by Gasteiger charge is 2.24. The summed E-state index contributed by atoms with van der Waals surface area (Å²) in [6.07, 6.45) is 4.38. The normalized spacial score (nSPS) is 15.2. The van der Waals surface area contributed by atoms with E-state index in [0.29, 0.717) is 31.2 Å². The molecule has 0 radical (unpaired) electrons. The van der Waals surface area contributed by atoms with Crippen LogP contribution in [-0.2, 0) is 22.0 Å². The maximum Gasteiger partial charge on any atom is 0.220 e. The van der Waals surface area contributed by atoms with Crippen LogP contribution >= 0.6 is 11.6 Å². The van der Waals surface area contributed by atoms with Crippen LogP contribution in [0.4, 0.5) is 0 Å². The number of hydrogen-bond donors (Lipinski definition) is 1. The molecule has 25 heavy (non-hydrogen) atoms. The molecule has 134 valence electrons. The van der Waals surface area contributed by atoms with Gasteiger partial charge >= 0.3 is 0 Å². The molecule has 0 saturated heterocycles. The number of fused-ring (bicyclic) bond motifs is 1. The Balaban J connectivity index is 1.68. The summed E-state index contributed by atoms with van der Waals surface area (Å²) in [5.74, 6) is 1.99. The van der Waals surface area contributed by atoms with E-state index >= 15 is 0 Å². The van der Waals surface area contributed by atoms with E-state index in [1.54, 1.807) is 0 Å². The predicted molar refractivity (Wildman–Crippen MR) is 105 cm³/mol. The number of benzene rings is 2. The highest BCUT2D eigenvalue weighted by molar-refractivity contribution is 7.85. The molecule has 5 heteroatoms. The second-order valence-corrected chi connectivity index (χ2v) is 8.52. The first-order valence-electron chi connectivity index (χ1n) is 8.90. The van der Waals surface area contributed by atoms with Crippen LogP contribution in [0.25, 0.3) is 10.8 Å². The molecule has 1 aliphatic carbocycles. The van der Waals surface area contributed by atoms with Crippen molar-refractivity contribution in [2.45, 2.75) is 37.0 Å². The van der Waals surface area contributed by atoms with E-state index in [1.807, 2.05) is 12.1 Å². The quantitative estimate of drug-likeness (QED) is 0.670. The van der Waals surface area contributed by atoms with Crippen molar-refractivity contribution in [3.8, 4) is 0 Å². The zero-order valence-electron chi connectivity index (χ0n) is 14.3. The Labute approximate surface area is 156 Å². The van der Waals surface area contributed by atoms with Crippen LogP contribution in [-0.4, -0.2) is 28.3 Å². The van der Waals surface area contributed by atoms with Gasteiger partial charge in [-0.15, -0.1) is 11.6 Å². The number of carbonyl (C=O) groups is 1. The largest absolute Gasteiger partial charge is 0.356 e. The van der Waals surface area contributed by atoms with E-state index in [9.17, 15) is 9.00 Å². The summed E-state index contributed by atoms with van der Waals surface area (Å²) in [6, 6.07) is 12.3. The Bertz CT molecular complexity index is 773. The van der Waals surface area contributed by atoms with Crippen molar-refractivity contribution in [3.05, 3.63) is 42.0 Å². The lowest BCUT2D eigenvalue weighted by Gasteiger charge is -2.10. The molecule has 0 aliphatic heterocycles. The summed E-state index contributed by atoms with van der Waals surface area (Å²) in [7, 11) is -0.914. The fourth-order valence-corrected chi connectivity index (χ4v) is 4.48. The Morgan fingerprint density at radius 2 is 2.08 bits per heavy atom. The van der Waals surface area contributed by atoms with Gasteiger partial charge in [0.2, 0.25) is 5.91 Å². The molecule has 1 fully saturated rings. The minimum Gasteiger partial charge on any atom is -0.356 e. The summed E-state index contributed by atoms with van der Waals surface area (Å²) in [4.78, 5) is 12.6. The van der Waals surface area contributed by atoms with Gasteiger partial charge in [0.15, 0.2) is 0 Å². The highest BCUT2D eigenvalue weighted by Crippen LogP contribution is 2.31. The lowest BCUT2D eigenvalue weighted by atomic mass is 10.0. The van der Waals surface area contributed by atoms with Gasteiger partial charge in [0.25, 0.3) is 0 Å². The Morgan fingerprint density at radius 1 is 1.24 bits per heavy atom. The van der Waals surface area contributed by atoms with Crippen molar-refractivity contribution in [1.29, 1.82) is 0 Å². The Hall–Kier alpha value is -1.39. The monoisotopic (exact) mass is 377 g/mol. The molecule has 3 rings (SSSR count). The molecule has 2 aromatic rings. The number of amides is 1. The van der Waals surface area contributed by atoms with Crippen LogP contribution in [0.3, 0.4) is 0 Å². The van der Waals surface area contributed by atoms with Gasteiger partial charge in [0, 0.05) is 29.5 Å². The first-order valence-corrected chi connectivity index (χ1v) is 10.8. The van der Waals surface area contributed by atoms with Crippen molar-refractivity contribution in [3.63, 3.8) is 0 Å². The molecule has 1 atom stereocenters. The Morgan fingerprint density at radius 3 is 2.84 bits per heavy atom. The van der Waals surface area contributed by atoms with Crippen LogP contribution in [0.2, 0.25) is 0 Å². The van der Waals surface area contributed by atoms with Crippen LogP contribution in [0.5, 0.6) is 0 Å². The molecular weight excluding hydrogens is 354 g/mol. The second kappa shape index (κ2) is 8.81. The average Bonchev–Trinajstić information content (AvgIpc) is 3.43. The number of rotatable bonds is 9. The van der Waals surface area contributed by atoms with Gasteiger partial charge in [0.1, 0.15) is 0 Å². The standard InChI is InChI=1S/C20H24ClNO2S/c21-11-2-5-20(23)22-12-10-17-4-1-3-16-8-9-18(13-19(16)17)25(24)14-15-6-7-15/h1,3-4,8-9,13,15H,2,5-7,10-12,14H2,(H,22,23). The first kappa shape index (κ1) is 18.4. The fourth-order valence-electron chi connectivity index (χ4n) is 2.92. The lowest BCUT2D eigenvalue weighted by Crippen LogP contribution is -2.25. The van der Waals surface area contributed by atoms with Crippen LogP contribution in [0.1, 0.15) is 31.2 Å². The van der Waals surface area contributed by atoms with Crippen molar-refractivity contribution < 1.29 is 9.00 Å². The van der Waals surface area contributed by atoms with E-state index in [4.69, 9.17) is 11.6 Å². The maximum atomic E-state index is 12.5. The predicted octanol–water partition coefficient (Wildman–Crippen LogP) is 4.04. The third kappa shape index (κ3) is 5.29. The van der Waals surface area contributed by atoms with Crippen molar-refractivity contribution in [1.82, 2.24) is 5.32 Å². The van der Waals surface area contributed by atoms with Gasteiger partial charge in [-0.25, -0.2) is 0 Å². The van der Waals surface area contributed by atoms with Crippen LogP contribution < -0.4 is 5.32 Å². The van der Waals surface area contributed by atoms with Crippen molar-refractivity contribution in [2.24, 2.45) is 5.92 Å². The van der Waals surface area contributed by atoms with Gasteiger partial charge in [-0.05, 0) is 60.1 Å². The topological polar surface area (TPSA) is 46.2 Å². The molecule has 0 heterocycles. The number of carbonyl (C=O) groups excluding carboxylic acids is 1. The van der Waals surface area contributed by atoms with Crippen LogP contribution in [0, 0.1) is 5.92 Å². The minimum absolute atomic E-state index is 0.0483. The Kier molecular flexibility index (Phi) is 6.49. The molecule has 2 aromatic carbocycles. The maximum absolute atomic E-state index is 12.5. The molecule has 0 spiro atoms. The van der Waals surface area contributed by atoms with Crippen molar-refractivity contribution in [2.75, 3.05) is 18.2 Å². The molecule has 0 bridgehead atoms. The molecule has 1 saturated carbocycles. The summed E-state index contributed by atoms with van der Waals surface area (Å²) in [5, 5.41) is 5.23. The smallest absolute Gasteiger partial charge is 0.220 e. The number of halogens is 1. The highest BCUT2D eigenvalue weighted by atomic mass is 35.5. The fraction of sp³-hybridized carbons (Fsp3) is 0.450. The third-order valence-corrected chi connectivity index (χ3v) is 6.37. The molecule has 1 amide bonds. The van der Waals surface area contributed by atoms with Gasteiger partial charge in [-0.2, -0.15) is 0 Å².